The number of fused-ring (bicyclic) bond motifs is 1. The minimum atomic E-state index is -0.400. The van der Waals surface area contributed by atoms with E-state index in [0.29, 0.717) is 18.0 Å². The smallest absolute Gasteiger partial charge is 0.223 e. The van der Waals surface area contributed by atoms with Gasteiger partial charge in [0, 0.05) is 44.0 Å². The average molecular weight is 421 g/mol. The molecule has 2 aliphatic rings. The van der Waals surface area contributed by atoms with Gasteiger partial charge >= 0.3 is 0 Å². The van der Waals surface area contributed by atoms with Gasteiger partial charge in [0.15, 0.2) is 5.78 Å². The molecule has 29 heavy (non-hydrogen) atoms. The number of carbonyl (C=O) groups is 2. The van der Waals surface area contributed by atoms with Gasteiger partial charge in [-0.25, -0.2) is 8.78 Å². The molecule has 0 saturated carbocycles. The molecular formula is C22H23ClF2N2O2. The van der Waals surface area contributed by atoms with Crippen LogP contribution >= 0.6 is 12.4 Å². The first-order valence-corrected chi connectivity index (χ1v) is 9.57. The van der Waals surface area contributed by atoms with Gasteiger partial charge in [0.25, 0.3) is 0 Å². The van der Waals surface area contributed by atoms with Gasteiger partial charge < -0.3 is 10.2 Å². The molecule has 7 heteroatoms. The minimum absolute atomic E-state index is 0. The van der Waals surface area contributed by atoms with Crippen LogP contribution in [0.2, 0.25) is 0 Å². The van der Waals surface area contributed by atoms with Crippen LogP contribution in [-0.4, -0.2) is 36.2 Å². The molecule has 2 heterocycles. The number of carbonyl (C=O) groups excluding carboxylic acids is 2. The van der Waals surface area contributed by atoms with E-state index in [1.807, 2.05) is 11.0 Å². The standard InChI is InChI=1S/C22H22F2N2O2.ClH/c23-17-6-4-14(5-7-17)20(27)8-9-21(28)26-13-16-11-25-12-19(16)22(26)15-2-1-3-18(24)10-15;/h1-7,10,16,19,22,25H,8-9,11-13H2;1H/t16-,19-,22+;/m0./s1. The molecule has 154 valence electrons. The van der Waals surface area contributed by atoms with E-state index >= 15 is 0 Å². The highest BCUT2D eigenvalue weighted by Crippen LogP contribution is 2.43. The number of nitrogens with zero attached hydrogens (tertiary/aromatic N) is 1. The van der Waals surface area contributed by atoms with Crippen LogP contribution in [0.3, 0.4) is 0 Å². The van der Waals surface area contributed by atoms with Crippen LogP contribution < -0.4 is 5.32 Å². The Kier molecular flexibility index (Phi) is 6.65. The first-order valence-electron chi connectivity index (χ1n) is 9.57. The van der Waals surface area contributed by atoms with Crippen molar-refractivity contribution in [2.75, 3.05) is 19.6 Å². The molecule has 0 aliphatic carbocycles. The lowest BCUT2D eigenvalue weighted by atomic mass is 9.89. The molecule has 0 spiro atoms. The molecule has 4 rings (SSSR count). The van der Waals surface area contributed by atoms with E-state index in [0.717, 1.165) is 18.7 Å². The Morgan fingerprint density at radius 2 is 1.76 bits per heavy atom. The van der Waals surface area contributed by atoms with Gasteiger partial charge in [-0.2, -0.15) is 0 Å². The van der Waals surface area contributed by atoms with Crippen LogP contribution in [0.1, 0.15) is 34.8 Å². The van der Waals surface area contributed by atoms with Gasteiger partial charge in [0.2, 0.25) is 5.91 Å². The lowest BCUT2D eigenvalue weighted by Crippen LogP contribution is -2.34. The highest BCUT2D eigenvalue weighted by atomic mass is 35.5. The first-order chi connectivity index (χ1) is 13.5. The third kappa shape index (κ3) is 4.49. The Morgan fingerprint density at radius 3 is 2.48 bits per heavy atom. The predicted molar refractivity (Wildman–Crippen MR) is 108 cm³/mol. The lowest BCUT2D eigenvalue weighted by molar-refractivity contribution is -0.132. The Labute approximate surface area is 174 Å². The summed E-state index contributed by atoms with van der Waals surface area (Å²) in [6, 6.07) is 11.6. The zero-order valence-corrected chi connectivity index (χ0v) is 16.6. The second-order valence-corrected chi connectivity index (χ2v) is 7.56. The number of amides is 1. The molecule has 2 aromatic carbocycles. The molecule has 2 saturated heterocycles. The van der Waals surface area contributed by atoms with E-state index in [4.69, 9.17) is 0 Å². The van der Waals surface area contributed by atoms with E-state index in [1.165, 1.54) is 36.4 Å². The van der Waals surface area contributed by atoms with Gasteiger partial charge in [-0.05, 0) is 47.9 Å². The first kappa shape index (κ1) is 21.4. The zero-order valence-electron chi connectivity index (χ0n) is 15.8. The minimum Gasteiger partial charge on any atom is -0.335 e. The number of halogens is 3. The van der Waals surface area contributed by atoms with Gasteiger partial charge in [0.1, 0.15) is 11.6 Å². The highest BCUT2D eigenvalue weighted by Gasteiger charge is 2.46. The van der Waals surface area contributed by atoms with Crippen LogP contribution in [0.5, 0.6) is 0 Å². The van der Waals surface area contributed by atoms with Crippen molar-refractivity contribution in [1.29, 1.82) is 0 Å². The molecule has 2 fully saturated rings. The summed E-state index contributed by atoms with van der Waals surface area (Å²) in [7, 11) is 0. The second kappa shape index (κ2) is 9.01. The van der Waals surface area contributed by atoms with Crippen molar-refractivity contribution in [3.05, 3.63) is 71.3 Å². The molecule has 1 amide bonds. The number of hydrogen-bond donors (Lipinski definition) is 1. The van der Waals surface area contributed by atoms with Crippen molar-refractivity contribution >= 4 is 24.1 Å². The monoisotopic (exact) mass is 420 g/mol. The molecular weight excluding hydrogens is 398 g/mol. The van der Waals surface area contributed by atoms with Gasteiger partial charge in [0.05, 0.1) is 6.04 Å². The van der Waals surface area contributed by atoms with Crippen molar-refractivity contribution in [3.63, 3.8) is 0 Å². The maximum Gasteiger partial charge on any atom is 0.223 e. The second-order valence-electron chi connectivity index (χ2n) is 7.56. The summed E-state index contributed by atoms with van der Waals surface area (Å²) in [4.78, 5) is 27.1. The number of hydrogen-bond acceptors (Lipinski definition) is 3. The van der Waals surface area contributed by atoms with Gasteiger partial charge in [-0.3, -0.25) is 9.59 Å². The summed E-state index contributed by atoms with van der Waals surface area (Å²) in [5, 5.41) is 3.36. The largest absolute Gasteiger partial charge is 0.335 e. The normalized spacial score (nSPS) is 22.8. The fourth-order valence-electron chi connectivity index (χ4n) is 4.44. The topological polar surface area (TPSA) is 49.4 Å². The lowest BCUT2D eigenvalue weighted by Gasteiger charge is -2.28. The zero-order chi connectivity index (χ0) is 19.7. The molecule has 0 aromatic heterocycles. The number of Topliss-reactive ketones (excluding diaryl/α,β-unsaturated/α-hetero) is 1. The van der Waals surface area contributed by atoms with Crippen LogP contribution in [0.25, 0.3) is 0 Å². The Bertz CT molecular complexity index is 891. The van der Waals surface area contributed by atoms with Gasteiger partial charge in [-0.1, -0.05) is 12.1 Å². The number of benzene rings is 2. The third-order valence-electron chi connectivity index (χ3n) is 5.81. The SMILES string of the molecule is Cl.O=C(CCC(=O)N1C[C@@H]2CNC[C@@H]2[C@H]1c1cccc(F)c1)c1ccc(F)cc1. The summed E-state index contributed by atoms with van der Waals surface area (Å²) in [5.41, 5.74) is 1.20. The van der Waals surface area contributed by atoms with E-state index in [2.05, 4.69) is 5.32 Å². The number of nitrogens with one attached hydrogen (secondary N) is 1. The molecule has 2 aromatic rings. The number of ketones is 1. The average Bonchev–Trinajstić information content (AvgIpc) is 3.27. The van der Waals surface area contributed by atoms with Crippen LogP contribution in [0, 0.1) is 23.5 Å². The van der Waals surface area contributed by atoms with Crippen molar-refractivity contribution in [2.24, 2.45) is 11.8 Å². The fourth-order valence-corrected chi connectivity index (χ4v) is 4.44. The number of likely N-dealkylation sites (tertiary alicyclic amines) is 1. The number of rotatable bonds is 5. The van der Waals surface area contributed by atoms with Crippen LogP contribution in [0.15, 0.2) is 48.5 Å². The van der Waals surface area contributed by atoms with E-state index in [9.17, 15) is 18.4 Å². The maximum atomic E-state index is 13.8. The predicted octanol–water partition coefficient (Wildman–Crippen LogP) is 3.77. The quantitative estimate of drug-likeness (QED) is 0.749. The maximum absolute atomic E-state index is 13.8. The Morgan fingerprint density at radius 1 is 1.00 bits per heavy atom. The third-order valence-corrected chi connectivity index (χ3v) is 5.81. The molecule has 0 unspecified atom stereocenters. The Balaban J connectivity index is 0.00000240. The summed E-state index contributed by atoms with van der Waals surface area (Å²) < 4.78 is 26.8. The van der Waals surface area contributed by atoms with Crippen molar-refractivity contribution in [2.45, 2.75) is 18.9 Å². The highest BCUT2D eigenvalue weighted by molar-refractivity contribution is 5.98. The van der Waals surface area contributed by atoms with Gasteiger partial charge in [-0.15, -0.1) is 12.4 Å². The molecule has 1 N–H and O–H groups in total. The molecule has 4 nitrogen and oxygen atoms in total. The van der Waals surface area contributed by atoms with Crippen molar-refractivity contribution in [1.82, 2.24) is 10.2 Å². The molecule has 2 aliphatic heterocycles. The summed E-state index contributed by atoms with van der Waals surface area (Å²) in [6.45, 7) is 2.25. The summed E-state index contributed by atoms with van der Waals surface area (Å²) >= 11 is 0. The van der Waals surface area contributed by atoms with Crippen LogP contribution in [0.4, 0.5) is 8.78 Å². The fraction of sp³-hybridized carbons (Fsp3) is 0.364. The Hall–Kier alpha value is -2.31. The van der Waals surface area contributed by atoms with Crippen LogP contribution in [-0.2, 0) is 4.79 Å². The molecule has 0 radical (unpaired) electrons. The summed E-state index contributed by atoms with van der Waals surface area (Å²) in [5.74, 6) is -0.409. The van der Waals surface area contributed by atoms with Crippen molar-refractivity contribution in [3.8, 4) is 0 Å². The van der Waals surface area contributed by atoms with E-state index in [1.54, 1.807) is 6.07 Å². The van der Waals surface area contributed by atoms with E-state index < -0.39 is 5.82 Å². The van der Waals surface area contributed by atoms with Crippen molar-refractivity contribution < 1.29 is 18.4 Å². The molecule has 3 atom stereocenters. The van der Waals surface area contributed by atoms with E-state index in [-0.39, 0.29) is 54.7 Å². The summed E-state index contributed by atoms with van der Waals surface area (Å²) in [6.07, 6.45) is 0.166. The molecule has 0 bridgehead atoms.